The molecule has 6 unspecified atom stereocenters. The molecule has 0 aromatic rings. The van der Waals surface area contributed by atoms with E-state index in [9.17, 15) is 14.7 Å². The first-order valence-corrected chi connectivity index (χ1v) is 9.01. The molecule has 120 valence electrons. The standard InChI is InChI=1S/C19H26O3/c1-2-19-8-7-14-13-6-4-12(20)9-11(13)3-5-15(14)18(19)16(21)10-17(19)22/h9,13-16,18,21H,2-8,10H2,1H3. The summed E-state index contributed by atoms with van der Waals surface area (Å²) in [5, 5.41) is 10.6. The van der Waals surface area contributed by atoms with Gasteiger partial charge in [0.1, 0.15) is 5.78 Å². The Morgan fingerprint density at radius 3 is 2.77 bits per heavy atom. The summed E-state index contributed by atoms with van der Waals surface area (Å²) < 4.78 is 0. The molecule has 3 heteroatoms. The van der Waals surface area contributed by atoms with Gasteiger partial charge in [-0.2, -0.15) is 0 Å². The fraction of sp³-hybridized carbons (Fsp3) is 0.789. The van der Waals surface area contributed by atoms with Crippen LogP contribution in [0.3, 0.4) is 0 Å². The number of carbonyl (C=O) groups excluding carboxylic acids is 2. The molecule has 4 rings (SSSR count). The zero-order valence-corrected chi connectivity index (χ0v) is 13.4. The maximum atomic E-state index is 12.6. The highest BCUT2D eigenvalue weighted by atomic mass is 16.3. The molecule has 3 nitrogen and oxygen atoms in total. The van der Waals surface area contributed by atoms with Crippen LogP contribution >= 0.6 is 0 Å². The lowest BCUT2D eigenvalue weighted by molar-refractivity contribution is -0.134. The maximum Gasteiger partial charge on any atom is 0.155 e. The normalized spacial score (nSPS) is 47.5. The van der Waals surface area contributed by atoms with Gasteiger partial charge in [-0.15, -0.1) is 0 Å². The molecular formula is C19H26O3. The van der Waals surface area contributed by atoms with E-state index in [-0.39, 0.29) is 11.3 Å². The average Bonchev–Trinajstić information content (AvgIpc) is 2.78. The van der Waals surface area contributed by atoms with E-state index in [4.69, 9.17) is 0 Å². The van der Waals surface area contributed by atoms with Gasteiger partial charge in [-0.25, -0.2) is 0 Å². The summed E-state index contributed by atoms with van der Waals surface area (Å²) in [7, 11) is 0. The first kappa shape index (κ1) is 14.6. The molecule has 0 bridgehead atoms. The first-order valence-electron chi connectivity index (χ1n) is 9.01. The number of aliphatic hydroxyl groups is 1. The number of aliphatic hydroxyl groups excluding tert-OH is 1. The Morgan fingerprint density at radius 1 is 1.18 bits per heavy atom. The second-order valence-electron chi connectivity index (χ2n) is 7.97. The highest BCUT2D eigenvalue weighted by Crippen LogP contribution is 2.61. The Morgan fingerprint density at radius 2 is 2.00 bits per heavy atom. The van der Waals surface area contributed by atoms with Crippen LogP contribution < -0.4 is 0 Å². The third kappa shape index (κ3) is 1.84. The van der Waals surface area contributed by atoms with E-state index in [1.165, 1.54) is 5.57 Å². The lowest BCUT2D eigenvalue weighted by atomic mass is 9.51. The van der Waals surface area contributed by atoms with Gasteiger partial charge >= 0.3 is 0 Å². The summed E-state index contributed by atoms with van der Waals surface area (Å²) in [5.74, 6) is 2.37. The second-order valence-corrected chi connectivity index (χ2v) is 7.97. The summed E-state index contributed by atoms with van der Waals surface area (Å²) in [5.41, 5.74) is 1.12. The van der Waals surface area contributed by atoms with E-state index >= 15 is 0 Å². The van der Waals surface area contributed by atoms with E-state index in [0.717, 1.165) is 38.5 Å². The van der Waals surface area contributed by atoms with Gasteiger partial charge in [-0.1, -0.05) is 12.5 Å². The van der Waals surface area contributed by atoms with Crippen LogP contribution in [0, 0.1) is 29.1 Å². The highest BCUT2D eigenvalue weighted by Gasteiger charge is 2.60. The third-order valence-corrected chi connectivity index (χ3v) is 7.38. The molecule has 0 radical (unpaired) electrons. The minimum absolute atomic E-state index is 0.169. The summed E-state index contributed by atoms with van der Waals surface area (Å²) in [6.45, 7) is 2.12. The number of hydrogen-bond donors (Lipinski definition) is 1. The van der Waals surface area contributed by atoms with E-state index in [2.05, 4.69) is 6.92 Å². The Bertz CT molecular complexity index is 549. The van der Waals surface area contributed by atoms with Crippen LogP contribution in [0.5, 0.6) is 0 Å². The minimum atomic E-state index is -0.434. The molecule has 0 aliphatic heterocycles. The first-order chi connectivity index (χ1) is 10.6. The predicted molar refractivity (Wildman–Crippen MR) is 83.1 cm³/mol. The fourth-order valence-electron chi connectivity index (χ4n) is 6.43. The minimum Gasteiger partial charge on any atom is -0.392 e. The van der Waals surface area contributed by atoms with Crippen LogP contribution in [-0.2, 0) is 9.59 Å². The Hall–Kier alpha value is -0.960. The van der Waals surface area contributed by atoms with Crippen LogP contribution in [0.2, 0.25) is 0 Å². The van der Waals surface area contributed by atoms with Crippen molar-refractivity contribution in [2.75, 3.05) is 0 Å². The molecule has 1 N–H and O–H groups in total. The van der Waals surface area contributed by atoms with Crippen molar-refractivity contribution in [2.24, 2.45) is 29.1 Å². The van der Waals surface area contributed by atoms with Gasteiger partial charge < -0.3 is 5.11 Å². The topological polar surface area (TPSA) is 54.4 Å². The number of ketones is 2. The van der Waals surface area contributed by atoms with Crippen LogP contribution in [-0.4, -0.2) is 22.8 Å². The van der Waals surface area contributed by atoms with Gasteiger partial charge in [0, 0.05) is 24.2 Å². The van der Waals surface area contributed by atoms with Gasteiger partial charge in [0.25, 0.3) is 0 Å². The Labute approximate surface area is 132 Å². The highest BCUT2D eigenvalue weighted by molar-refractivity contribution is 5.91. The summed E-state index contributed by atoms with van der Waals surface area (Å²) >= 11 is 0. The number of fused-ring (bicyclic) bond motifs is 5. The molecule has 3 fully saturated rings. The average molecular weight is 302 g/mol. The van der Waals surface area contributed by atoms with Crippen molar-refractivity contribution in [3.8, 4) is 0 Å². The van der Waals surface area contributed by atoms with E-state index in [1.54, 1.807) is 0 Å². The third-order valence-electron chi connectivity index (χ3n) is 7.38. The molecule has 0 spiro atoms. The van der Waals surface area contributed by atoms with Gasteiger partial charge in [-0.3, -0.25) is 9.59 Å². The molecule has 0 amide bonds. The zero-order chi connectivity index (χ0) is 15.5. The number of hydrogen-bond acceptors (Lipinski definition) is 3. The number of allylic oxidation sites excluding steroid dienone is 1. The number of carbonyl (C=O) groups is 2. The van der Waals surface area contributed by atoms with E-state index in [1.807, 2.05) is 6.08 Å². The Balaban J connectivity index is 1.68. The van der Waals surface area contributed by atoms with Crippen LogP contribution in [0.15, 0.2) is 11.6 Å². The van der Waals surface area contributed by atoms with Crippen molar-refractivity contribution in [2.45, 2.75) is 64.4 Å². The van der Waals surface area contributed by atoms with Crippen molar-refractivity contribution < 1.29 is 14.7 Å². The van der Waals surface area contributed by atoms with Gasteiger partial charge in [-0.05, 0) is 62.4 Å². The quantitative estimate of drug-likeness (QED) is 0.810. The maximum absolute atomic E-state index is 12.6. The van der Waals surface area contributed by atoms with Gasteiger partial charge in [0.2, 0.25) is 0 Å². The van der Waals surface area contributed by atoms with Crippen LogP contribution in [0.25, 0.3) is 0 Å². The van der Waals surface area contributed by atoms with Crippen LogP contribution in [0.4, 0.5) is 0 Å². The molecule has 0 saturated heterocycles. The summed E-state index contributed by atoms with van der Waals surface area (Å²) in [4.78, 5) is 24.2. The van der Waals surface area contributed by atoms with Crippen molar-refractivity contribution >= 4 is 11.6 Å². The molecule has 4 aliphatic rings. The van der Waals surface area contributed by atoms with Crippen LogP contribution in [0.1, 0.15) is 58.3 Å². The van der Waals surface area contributed by atoms with Crippen molar-refractivity contribution in [3.05, 3.63) is 11.6 Å². The smallest absolute Gasteiger partial charge is 0.155 e. The van der Waals surface area contributed by atoms with Gasteiger partial charge in [0.05, 0.1) is 6.10 Å². The molecule has 22 heavy (non-hydrogen) atoms. The molecular weight excluding hydrogens is 276 g/mol. The van der Waals surface area contributed by atoms with Gasteiger partial charge in [0.15, 0.2) is 5.78 Å². The number of Topliss-reactive ketones (excluding diaryl/α,β-unsaturated/α-hetero) is 1. The largest absolute Gasteiger partial charge is 0.392 e. The number of rotatable bonds is 1. The van der Waals surface area contributed by atoms with Crippen molar-refractivity contribution in [1.82, 2.24) is 0 Å². The SMILES string of the molecule is CCC12CCC3C4CCC(=O)C=C4CCC3C1C(O)CC2=O. The monoisotopic (exact) mass is 302 g/mol. The molecule has 6 atom stereocenters. The predicted octanol–water partition coefficient (Wildman–Crippen LogP) is 3.06. The zero-order valence-electron chi connectivity index (χ0n) is 13.4. The van der Waals surface area contributed by atoms with E-state index < -0.39 is 6.10 Å². The molecule has 0 heterocycles. The lowest BCUT2D eigenvalue weighted by Crippen LogP contribution is -2.49. The molecule has 0 aromatic carbocycles. The second kappa shape index (κ2) is 5.02. The molecule has 0 aromatic heterocycles. The van der Waals surface area contributed by atoms with Crippen molar-refractivity contribution in [1.29, 1.82) is 0 Å². The summed E-state index contributed by atoms with van der Waals surface area (Å²) in [6.07, 6.45) is 8.48. The molecule has 3 saturated carbocycles. The summed E-state index contributed by atoms with van der Waals surface area (Å²) in [6, 6.07) is 0. The lowest BCUT2D eigenvalue weighted by Gasteiger charge is -2.53. The Kier molecular flexibility index (Phi) is 3.34. The fourth-order valence-corrected chi connectivity index (χ4v) is 6.43. The van der Waals surface area contributed by atoms with E-state index in [0.29, 0.717) is 42.2 Å². The van der Waals surface area contributed by atoms with Crippen molar-refractivity contribution in [3.63, 3.8) is 0 Å². The molecule has 4 aliphatic carbocycles.